The molecule has 0 bridgehead atoms. The van der Waals surface area contributed by atoms with Crippen molar-refractivity contribution in [3.8, 4) is 11.8 Å². The van der Waals surface area contributed by atoms with E-state index in [4.69, 9.17) is 32.5 Å². The summed E-state index contributed by atoms with van der Waals surface area (Å²) in [5.41, 5.74) is 0.508. The van der Waals surface area contributed by atoms with Gasteiger partial charge in [-0.1, -0.05) is 41.4 Å². The Morgan fingerprint density at radius 3 is 2.75 bits per heavy atom. The van der Waals surface area contributed by atoms with E-state index < -0.39 is 0 Å². The predicted molar refractivity (Wildman–Crippen MR) is 105 cm³/mol. The van der Waals surface area contributed by atoms with Crippen molar-refractivity contribution in [1.29, 1.82) is 0 Å². The number of benzene rings is 2. The van der Waals surface area contributed by atoms with Crippen molar-refractivity contribution in [2.24, 2.45) is 0 Å². The fraction of sp³-hybridized carbons (Fsp3) is 0.250. The Kier molecular flexibility index (Phi) is 5.50. The lowest BCUT2D eigenvalue weighted by molar-refractivity contribution is 0.0695. The molecule has 0 radical (unpaired) electrons. The van der Waals surface area contributed by atoms with Crippen LogP contribution in [0.15, 0.2) is 53.1 Å². The molecule has 1 unspecified atom stereocenters. The van der Waals surface area contributed by atoms with E-state index in [-0.39, 0.29) is 17.8 Å². The Labute approximate surface area is 172 Å². The van der Waals surface area contributed by atoms with E-state index in [1.165, 1.54) is 0 Å². The first-order valence-corrected chi connectivity index (χ1v) is 9.66. The number of para-hydroxylation sites is 1. The second kappa shape index (κ2) is 8.20. The number of halogens is 2. The topological polar surface area (TPSA) is 68.5 Å². The molecular formula is C20H17Cl2N3O3. The summed E-state index contributed by atoms with van der Waals surface area (Å²) in [5.74, 6) is 0.970. The fourth-order valence-corrected chi connectivity index (χ4v) is 3.50. The first kappa shape index (κ1) is 18.8. The maximum Gasteiger partial charge on any atom is 0.359 e. The maximum absolute atomic E-state index is 12.8. The molecule has 3 aromatic rings. The summed E-state index contributed by atoms with van der Waals surface area (Å²) in [5, 5.41) is 4.68. The first-order valence-electron chi connectivity index (χ1n) is 8.91. The van der Waals surface area contributed by atoms with Crippen LogP contribution in [0.4, 0.5) is 0 Å². The molecule has 0 saturated carbocycles. The average molecular weight is 418 g/mol. The van der Waals surface area contributed by atoms with Gasteiger partial charge in [-0.05, 0) is 48.3 Å². The number of hydrogen-bond acceptors (Lipinski definition) is 5. The van der Waals surface area contributed by atoms with Gasteiger partial charge in [-0.25, -0.2) is 0 Å². The second-order valence-electron chi connectivity index (χ2n) is 6.55. The van der Waals surface area contributed by atoms with Crippen LogP contribution in [-0.4, -0.2) is 34.0 Å². The summed E-state index contributed by atoms with van der Waals surface area (Å²) >= 11 is 12.0. The lowest BCUT2D eigenvalue weighted by Crippen LogP contribution is -2.39. The Morgan fingerprint density at radius 2 is 1.96 bits per heavy atom. The van der Waals surface area contributed by atoms with Crippen molar-refractivity contribution in [3.63, 3.8) is 0 Å². The van der Waals surface area contributed by atoms with Crippen molar-refractivity contribution in [2.75, 3.05) is 13.1 Å². The van der Waals surface area contributed by atoms with Gasteiger partial charge >= 0.3 is 6.01 Å². The largest absolute Gasteiger partial charge is 0.422 e. The maximum atomic E-state index is 12.8. The monoisotopic (exact) mass is 417 g/mol. The number of piperidine rings is 1. The third kappa shape index (κ3) is 4.13. The van der Waals surface area contributed by atoms with Crippen molar-refractivity contribution < 1.29 is 14.1 Å². The molecule has 0 aliphatic carbocycles. The van der Waals surface area contributed by atoms with Gasteiger partial charge in [0, 0.05) is 18.7 Å². The number of likely N-dealkylation sites (tertiary alicyclic amines) is 1. The van der Waals surface area contributed by atoms with E-state index in [9.17, 15) is 4.79 Å². The number of carbonyl (C=O) groups is 1. The molecule has 6 nitrogen and oxygen atoms in total. The Hall–Kier alpha value is -2.57. The molecule has 144 valence electrons. The van der Waals surface area contributed by atoms with Crippen LogP contribution in [0.25, 0.3) is 0 Å². The predicted octanol–water partition coefficient (Wildman–Crippen LogP) is 5.19. The molecule has 1 aliphatic heterocycles. The minimum absolute atomic E-state index is 0.0407. The average Bonchev–Trinajstić information content (AvgIpc) is 3.19. The summed E-state index contributed by atoms with van der Waals surface area (Å²) in [6.07, 6.45) is 1.70. The Balaban J connectivity index is 1.45. The third-order valence-electron chi connectivity index (χ3n) is 4.60. The highest BCUT2D eigenvalue weighted by Crippen LogP contribution is 2.29. The molecule has 2 aromatic carbocycles. The summed E-state index contributed by atoms with van der Waals surface area (Å²) in [4.78, 5) is 18.9. The molecule has 8 heteroatoms. The highest BCUT2D eigenvalue weighted by atomic mass is 35.5. The van der Waals surface area contributed by atoms with Gasteiger partial charge in [0.25, 0.3) is 5.91 Å². The second-order valence-corrected chi connectivity index (χ2v) is 7.36. The standard InChI is InChI=1S/C20H17Cl2N3O3/c21-16-9-8-13(11-17(16)22)19(26)25-10-4-5-14(12-25)18-23-20(24-28-18)27-15-6-2-1-3-7-15/h1-3,6-9,11,14H,4-5,10,12H2. The van der Waals surface area contributed by atoms with Crippen molar-refractivity contribution in [1.82, 2.24) is 15.0 Å². The van der Waals surface area contributed by atoms with Gasteiger partial charge in [-0.3, -0.25) is 4.79 Å². The fourth-order valence-electron chi connectivity index (χ4n) is 3.20. The van der Waals surface area contributed by atoms with Crippen molar-refractivity contribution in [2.45, 2.75) is 18.8 Å². The van der Waals surface area contributed by atoms with E-state index in [1.54, 1.807) is 23.1 Å². The van der Waals surface area contributed by atoms with Gasteiger partial charge in [0.15, 0.2) is 0 Å². The molecule has 28 heavy (non-hydrogen) atoms. The highest BCUT2D eigenvalue weighted by Gasteiger charge is 2.29. The van der Waals surface area contributed by atoms with Crippen LogP contribution in [0.2, 0.25) is 10.0 Å². The number of amides is 1. The lowest BCUT2D eigenvalue weighted by Gasteiger charge is -2.31. The van der Waals surface area contributed by atoms with Crippen LogP contribution < -0.4 is 4.74 Å². The molecule has 0 N–H and O–H groups in total. The zero-order chi connectivity index (χ0) is 19.5. The summed E-state index contributed by atoms with van der Waals surface area (Å²) in [7, 11) is 0. The summed E-state index contributed by atoms with van der Waals surface area (Å²) in [6.45, 7) is 1.16. The van der Waals surface area contributed by atoms with E-state index >= 15 is 0 Å². The van der Waals surface area contributed by atoms with Gasteiger partial charge in [0.1, 0.15) is 5.75 Å². The number of ether oxygens (including phenoxy) is 1. The molecule has 1 saturated heterocycles. The molecule has 2 heterocycles. The Bertz CT molecular complexity index is 978. The van der Waals surface area contributed by atoms with Crippen LogP contribution in [0.3, 0.4) is 0 Å². The van der Waals surface area contributed by atoms with Gasteiger partial charge in [-0.15, -0.1) is 0 Å². The highest BCUT2D eigenvalue weighted by molar-refractivity contribution is 6.42. The molecule has 1 amide bonds. The Morgan fingerprint density at radius 1 is 1.14 bits per heavy atom. The number of carbonyl (C=O) groups excluding carboxylic acids is 1. The van der Waals surface area contributed by atoms with Crippen LogP contribution in [-0.2, 0) is 0 Å². The van der Waals surface area contributed by atoms with Crippen LogP contribution in [0.5, 0.6) is 11.8 Å². The number of hydrogen-bond donors (Lipinski definition) is 0. The van der Waals surface area contributed by atoms with E-state index in [2.05, 4.69) is 10.1 Å². The lowest BCUT2D eigenvalue weighted by atomic mass is 9.97. The SMILES string of the molecule is O=C(c1ccc(Cl)c(Cl)c1)N1CCCC(c2nc(Oc3ccccc3)no2)C1. The number of aromatic nitrogens is 2. The minimum atomic E-state index is -0.0939. The van der Waals surface area contributed by atoms with Gasteiger partial charge in [0.2, 0.25) is 5.89 Å². The van der Waals surface area contributed by atoms with Gasteiger partial charge in [0.05, 0.1) is 16.0 Å². The molecule has 1 aliphatic rings. The first-order chi connectivity index (χ1) is 13.6. The van der Waals surface area contributed by atoms with E-state index in [0.717, 1.165) is 12.8 Å². The minimum Gasteiger partial charge on any atom is -0.422 e. The van der Waals surface area contributed by atoms with Crippen molar-refractivity contribution >= 4 is 29.1 Å². The van der Waals surface area contributed by atoms with Crippen LogP contribution in [0, 0.1) is 0 Å². The molecule has 1 aromatic heterocycles. The summed E-state index contributed by atoms with van der Waals surface area (Å²) < 4.78 is 11.0. The smallest absolute Gasteiger partial charge is 0.359 e. The molecule has 1 fully saturated rings. The molecule has 0 spiro atoms. The van der Waals surface area contributed by atoms with Crippen LogP contribution >= 0.6 is 23.2 Å². The zero-order valence-corrected chi connectivity index (χ0v) is 16.4. The van der Waals surface area contributed by atoms with Crippen LogP contribution in [0.1, 0.15) is 35.0 Å². The van der Waals surface area contributed by atoms with Crippen molar-refractivity contribution in [3.05, 3.63) is 70.0 Å². The third-order valence-corrected chi connectivity index (χ3v) is 5.34. The quantitative estimate of drug-likeness (QED) is 0.584. The normalized spacial score (nSPS) is 16.8. The van der Waals surface area contributed by atoms with Gasteiger partial charge in [-0.2, -0.15) is 4.98 Å². The number of rotatable bonds is 4. The zero-order valence-electron chi connectivity index (χ0n) is 14.8. The molecule has 1 atom stereocenters. The molecule has 4 rings (SSSR count). The molecular weight excluding hydrogens is 401 g/mol. The summed E-state index contributed by atoms with van der Waals surface area (Å²) in [6, 6.07) is 14.3. The van der Waals surface area contributed by atoms with E-state index in [0.29, 0.717) is 40.3 Å². The van der Waals surface area contributed by atoms with Gasteiger partial charge < -0.3 is 14.2 Å². The van der Waals surface area contributed by atoms with E-state index in [1.807, 2.05) is 30.3 Å². The number of nitrogens with zero attached hydrogens (tertiary/aromatic N) is 3.